The van der Waals surface area contributed by atoms with E-state index in [0.29, 0.717) is 6.04 Å². The Balaban J connectivity index is 1.71. The molecule has 4 nitrogen and oxygen atoms in total. The van der Waals surface area contributed by atoms with Gasteiger partial charge in [-0.05, 0) is 61.1 Å². The summed E-state index contributed by atoms with van der Waals surface area (Å²) in [6.45, 7) is 4.76. The Morgan fingerprint density at radius 1 is 1.28 bits per heavy atom. The summed E-state index contributed by atoms with van der Waals surface area (Å²) in [4.78, 5) is 7.19. The Kier molecular flexibility index (Phi) is 4.65. The van der Waals surface area contributed by atoms with Crippen LogP contribution in [0.25, 0.3) is 10.9 Å². The molecule has 3 fully saturated rings. The maximum atomic E-state index is 6.07. The highest BCUT2D eigenvalue weighted by Crippen LogP contribution is 2.43. The summed E-state index contributed by atoms with van der Waals surface area (Å²) in [6.07, 6.45) is 5.86. The van der Waals surface area contributed by atoms with Crippen LogP contribution in [0.3, 0.4) is 0 Å². The van der Waals surface area contributed by atoms with E-state index in [0.717, 1.165) is 28.5 Å². The van der Waals surface area contributed by atoms with Gasteiger partial charge in [0.2, 0.25) is 0 Å². The van der Waals surface area contributed by atoms with Gasteiger partial charge in [0.15, 0.2) is 0 Å². The molecule has 5 unspecified atom stereocenters. The van der Waals surface area contributed by atoms with E-state index in [9.17, 15) is 0 Å². The number of hydrogen-bond acceptors (Lipinski definition) is 4. The van der Waals surface area contributed by atoms with Gasteiger partial charge in [0, 0.05) is 31.3 Å². The Morgan fingerprint density at radius 2 is 2.16 bits per heavy atom. The lowest BCUT2D eigenvalue weighted by Crippen LogP contribution is -2.55. The number of pyridine rings is 1. The highest BCUT2D eigenvalue weighted by molar-refractivity contribution is 5.84. The molecule has 0 saturated carbocycles. The van der Waals surface area contributed by atoms with E-state index in [1.165, 1.54) is 37.9 Å². The summed E-state index contributed by atoms with van der Waals surface area (Å²) in [5, 5.41) is 1.14. The summed E-state index contributed by atoms with van der Waals surface area (Å²) >= 11 is 0. The third kappa shape index (κ3) is 2.91. The number of fused-ring (bicyclic) bond motifs is 4. The second kappa shape index (κ2) is 6.93. The Labute approximate surface area is 150 Å². The van der Waals surface area contributed by atoms with Crippen molar-refractivity contribution in [2.75, 3.05) is 27.3 Å². The van der Waals surface area contributed by atoms with E-state index in [-0.39, 0.29) is 6.10 Å². The lowest BCUT2D eigenvalue weighted by molar-refractivity contribution is -0.0698. The lowest BCUT2D eigenvalue weighted by Gasteiger charge is -2.52. The van der Waals surface area contributed by atoms with Crippen LogP contribution in [0, 0.1) is 11.8 Å². The van der Waals surface area contributed by atoms with Crippen molar-refractivity contribution >= 4 is 10.9 Å². The van der Waals surface area contributed by atoms with E-state index in [4.69, 9.17) is 9.47 Å². The summed E-state index contributed by atoms with van der Waals surface area (Å²) in [5.41, 5.74) is 2.24. The first-order valence-electron chi connectivity index (χ1n) is 9.44. The van der Waals surface area contributed by atoms with Crippen LogP contribution in [0.15, 0.2) is 30.5 Å². The second-order valence-corrected chi connectivity index (χ2v) is 7.45. The molecule has 5 atom stereocenters. The molecule has 2 bridgehead atoms. The fourth-order valence-electron chi connectivity index (χ4n) is 4.97. The van der Waals surface area contributed by atoms with Gasteiger partial charge in [0.05, 0.1) is 18.7 Å². The number of rotatable bonds is 5. The summed E-state index contributed by atoms with van der Waals surface area (Å²) in [5.74, 6) is 2.57. The summed E-state index contributed by atoms with van der Waals surface area (Å²) < 4.78 is 11.5. The second-order valence-electron chi connectivity index (χ2n) is 7.45. The molecule has 1 aromatic heterocycles. The Bertz CT molecular complexity index is 748. The molecule has 1 aromatic carbocycles. The number of hydrogen-bond donors (Lipinski definition) is 0. The van der Waals surface area contributed by atoms with Crippen molar-refractivity contribution in [1.29, 1.82) is 0 Å². The predicted octanol–water partition coefficient (Wildman–Crippen LogP) is 4.05. The van der Waals surface area contributed by atoms with Crippen LogP contribution in [0.1, 0.15) is 37.9 Å². The van der Waals surface area contributed by atoms with Gasteiger partial charge < -0.3 is 9.47 Å². The third-order valence-electron chi connectivity index (χ3n) is 6.35. The van der Waals surface area contributed by atoms with Gasteiger partial charge in [-0.25, -0.2) is 0 Å². The SMILES string of the molecule is CCC1CN2CCC1CC2C(OC)c1ccnc2ccc(OC)cc12. The zero-order valence-corrected chi connectivity index (χ0v) is 15.4. The molecule has 5 rings (SSSR count). The normalized spacial score (nSPS) is 29.7. The predicted molar refractivity (Wildman–Crippen MR) is 99.9 cm³/mol. The number of benzene rings is 1. The number of aromatic nitrogens is 1. The molecule has 2 aromatic rings. The molecule has 0 radical (unpaired) electrons. The van der Waals surface area contributed by atoms with Crippen molar-refractivity contribution in [3.8, 4) is 5.75 Å². The lowest BCUT2D eigenvalue weighted by atomic mass is 9.72. The van der Waals surface area contributed by atoms with Crippen molar-refractivity contribution in [3.63, 3.8) is 0 Å². The monoisotopic (exact) mass is 340 g/mol. The third-order valence-corrected chi connectivity index (χ3v) is 6.35. The minimum atomic E-state index is 0.0817. The summed E-state index contributed by atoms with van der Waals surface area (Å²) in [6, 6.07) is 8.68. The van der Waals surface area contributed by atoms with Gasteiger partial charge in [0.25, 0.3) is 0 Å². The molecule has 4 heteroatoms. The average Bonchev–Trinajstić information content (AvgIpc) is 2.68. The quantitative estimate of drug-likeness (QED) is 0.822. The molecular formula is C21H28N2O2. The van der Waals surface area contributed by atoms with Gasteiger partial charge in [-0.15, -0.1) is 0 Å². The highest BCUT2D eigenvalue weighted by Gasteiger charge is 2.43. The highest BCUT2D eigenvalue weighted by atomic mass is 16.5. The van der Waals surface area contributed by atoms with Gasteiger partial charge in [0.1, 0.15) is 5.75 Å². The maximum absolute atomic E-state index is 6.07. The van der Waals surface area contributed by atoms with E-state index < -0.39 is 0 Å². The van der Waals surface area contributed by atoms with Crippen LogP contribution < -0.4 is 4.74 Å². The van der Waals surface area contributed by atoms with Crippen LogP contribution in [0.5, 0.6) is 5.75 Å². The van der Waals surface area contributed by atoms with Crippen molar-refractivity contribution in [2.24, 2.45) is 11.8 Å². The Hall–Kier alpha value is -1.65. The largest absolute Gasteiger partial charge is 0.497 e. The standard InChI is InChI=1S/C21H28N2O2/c1-4-14-13-23-10-8-15(14)11-20(23)21(25-3)17-7-9-22-19-6-5-16(24-2)12-18(17)19/h5-7,9,12,14-15,20-21H,4,8,10-11,13H2,1-3H3. The number of nitrogens with zero attached hydrogens (tertiary/aromatic N) is 2. The Morgan fingerprint density at radius 3 is 2.84 bits per heavy atom. The van der Waals surface area contributed by atoms with Gasteiger partial charge in [-0.3, -0.25) is 9.88 Å². The smallest absolute Gasteiger partial charge is 0.119 e. The number of methoxy groups -OCH3 is 2. The molecule has 3 aliphatic rings. The van der Waals surface area contributed by atoms with Crippen molar-refractivity contribution in [1.82, 2.24) is 9.88 Å². The zero-order chi connectivity index (χ0) is 17.4. The topological polar surface area (TPSA) is 34.6 Å². The van der Waals surface area contributed by atoms with Crippen molar-refractivity contribution in [2.45, 2.75) is 38.3 Å². The molecule has 4 heterocycles. The molecule has 0 amide bonds. The van der Waals surface area contributed by atoms with Crippen LogP contribution in [0.2, 0.25) is 0 Å². The van der Waals surface area contributed by atoms with E-state index >= 15 is 0 Å². The minimum absolute atomic E-state index is 0.0817. The first kappa shape index (κ1) is 16.8. The molecule has 0 aliphatic carbocycles. The minimum Gasteiger partial charge on any atom is -0.497 e. The van der Waals surface area contributed by atoms with E-state index in [1.54, 1.807) is 7.11 Å². The fourth-order valence-corrected chi connectivity index (χ4v) is 4.97. The van der Waals surface area contributed by atoms with Crippen molar-refractivity contribution < 1.29 is 9.47 Å². The van der Waals surface area contributed by atoms with E-state index in [1.807, 2.05) is 25.4 Å². The van der Waals surface area contributed by atoms with Crippen LogP contribution in [-0.2, 0) is 4.74 Å². The molecular weight excluding hydrogens is 312 g/mol. The van der Waals surface area contributed by atoms with Crippen LogP contribution >= 0.6 is 0 Å². The first-order chi connectivity index (χ1) is 12.2. The maximum Gasteiger partial charge on any atom is 0.119 e. The average molecular weight is 340 g/mol. The number of ether oxygens (including phenoxy) is 2. The van der Waals surface area contributed by atoms with Gasteiger partial charge >= 0.3 is 0 Å². The van der Waals surface area contributed by atoms with Crippen molar-refractivity contribution in [3.05, 3.63) is 36.0 Å². The first-order valence-corrected chi connectivity index (χ1v) is 9.44. The zero-order valence-electron chi connectivity index (χ0n) is 15.4. The molecule has 25 heavy (non-hydrogen) atoms. The molecule has 3 saturated heterocycles. The van der Waals surface area contributed by atoms with Crippen LogP contribution in [0.4, 0.5) is 0 Å². The fraction of sp³-hybridized carbons (Fsp3) is 0.571. The molecule has 134 valence electrons. The van der Waals surface area contributed by atoms with Crippen LogP contribution in [-0.4, -0.2) is 43.2 Å². The molecule has 0 N–H and O–H groups in total. The molecule has 0 spiro atoms. The van der Waals surface area contributed by atoms with E-state index in [2.05, 4.69) is 28.9 Å². The summed E-state index contributed by atoms with van der Waals surface area (Å²) in [7, 11) is 3.56. The molecule has 3 aliphatic heterocycles. The van der Waals surface area contributed by atoms with Gasteiger partial charge in [-0.2, -0.15) is 0 Å². The van der Waals surface area contributed by atoms with Gasteiger partial charge in [-0.1, -0.05) is 13.3 Å². The number of piperidine rings is 3.